The second-order valence-electron chi connectivity index (χ2n) is 6.14. The molecule has 3 aliphatic heterocycles. The zero-order chi connectivity index (χ0) is 13.5. The number of rotatable bonds is 3. The van der Waals surface area contributed by atoms with Crippen LogP contribution in [0.25, 0.3) is 10.9 Å². The number of hydrogen-bond donors (Lipinski definition) is 1. The average Bonchev–Trinajstić information content (AvgIpc) is 2.92. The Kier molecular flexibility index (Phi) is 4.00. The van der Waals surface area contributed by atoms with E-state index >= 15 is 0 Å². The standard InChI is InChI=1S/C16H19N3O.ClH/c20-15(9-12-10-19-7-5-11(12)6-8-19)16-13-3-1-2-4-14(13)17-18-16;/h1-4,11-12H,5-10H2,(H,17,18);1H/t12-;/m1./s1. The van der Waals surface area contributed by atoms with Crippen molar-refractivity contribution in [2.75, 3.05) is 19.6 Å². The third-order valence-corrected chi connectivity index (χ3v) is 4.97. The van der Waals surface area contributed by atoms with E-state index in [1.165, 1.54) is 25.9 Å². The summed E-state index contributed by atoms with van der Waals surface area (Å²) in [4.78, 5) is 15.1. The number of hydrogen-bond acceptors (Lipinski definition) is 3. The number of halogens is 1. The Hall–Kier alpha value is -1.39. The van der Waals surface area contributed by atoms with Crippen molar-refractivity contribution in [3.05, 3.63) is 30.0 Å². The van der Waals surface area contributed by atoms with Gasteiger partial charge in [-0.15, -0.1) is 12.4 Å². The second kappa shape index (κ2) is 5.78. The van der Waals surface area contributed by atoms with E-state index in [0.29, 0.717) is 18.0 Å². The van der Waals surface area contributed by atoms with Gasteiger partial charge in [0.2, 0.25) is 0 Å². The summed E-state index contributed by atoms with van der Waals surface area (Å²) in [6.45, 7) is 3.54. The van der Waals surface area contributed by atoms with Crippen LogP contribution in [0.15, 0.2) is 24.3 Å². The van der Waals surface area contributed by atoms with Crippen molar-refractivity contribution in [2.24, 2.45) is 11.8 Å². The zero-order valence-electron chi connectivity index (χ0n) is 11.9. The number of H-pyrrole nitrogens is 1. The Morgan fingerprint density at radius 3 is 2.76 bits per heavy atom. The number of nitrogens with one attached hydrogen (secondary N) is 1. The maximum absolute atomic E-state index is 12.6. The SMILES string of the molecule is Cl.O=C(C[C@@H]1CN2CCC1CC2)c1n[nH]c2ccccc12. The van der Waals surface area contributed by atoms with Gasteiger partial charge in [0, 0.05) is 18.4 Å². The molecule has 4 nitrogen and oxygen atoms in total. The van der Waals surface area contributed by atoms with Gasteiger partial charge in [0.25, 0.3) is 0 Å². The second-order valence-corrected chi connectivity index (χ2v) is 6.14. The predicted octanol–water partition coefficient (Wildman–Crippen LogP) is 2.90. The monoisotopic (exact) mass is 305 g/mol. The fourth-order valence-electron chi connectivity index (χ4n) is 3.83. The third-order valence-electron chi connectivity index (χ3n) is 4.97. The van der Waals surface area contributed by atoms with Gasteiger partial charge < -0.3 is 4.90 Å². The number of aromatic nitrogens is 2. The summed E-state index contributed by atoms with van der Waals surface area (Å²) in [7, 11) is 0. The molecule has 0 amide bonds. The Balaban J connectivity index is 0.00000132. The molecule has 2 bridgehead atoms. The van der Waals surface area contributed by atoms with Crippen molar-refractivity contribution in [3.63, 3.8) is 0 Å². The van der Waals surface area contributed by atoms with E-state index in [0.717, 1.165) is 23.4 Å². The van der Waals surface area contributed by atoms with Gasteiger partial charge in [-0.3, -0.25) is 9.89 Å². The highest BCUT2D eigenvalue weighted by Crippen LogP contribution is 2.35. The van der Waals surface area contributed by atoms with Crippen LogP contribution in [-0.2, 0) is 0 Å². The van der Waals surface area contributed by atoms with Gasteiger partial charge in [-0.25, -0.2) is 0 Å². The van der Waals surface area contributed by atoms with Crippen molar-refractivity contribution >= 4 is 29.1 Å². The van der Waals surface area contributed by atoms with Crippen LogP contribution < -0.4 is 0 Å². The Morgan fingerprint density at radius 2 is 2.05 bits per heavy atom. The normalized spacial score (nSPS) is 27.5. The molecule has 1 aromatic heterocycles. The molecule has 5 rings (SSSR count). The first-order chi connectivity index (χ1) is 9.81. The van der Waals surface area contributed by atoms with Crippen molar-refractivity contribution in [2.45, 2.75) is 19.3 Å². The van der Waals surface area contributed by atoms with Gasteiger partial charge in [0.1, 0.15) is 5.69 Å². The maximum Gasteiger partial charge on any atom is 0.184 e. The van der Waals surface area contributed by atoms with E-state index in [-0.39, 0.29) is 18.2 Å². The number of carbonyl (C=O) groups excluding carboxylic acids is 1. The van der Waals surface area contributed by atoms with Crippen LogP contribution in [0.5, 0.6) is 0 Å². The predicted molar refractivity (Wildman–Crippen MR) is 84.9 cm³/mol. The van der Waals surface area contributed by atoms with Crippen LogP contribution in [0, 0.1) is 11.8 Å². The molecule has 112 valence electrons. The lowest BCUT2D eigenvalue weighted by molar-refractivity contribution is 0.0440. The number of Topliss-reactive ketones (excluding diaryl/α,β-unsaturated/α-hetero) is 1. The lowest BCUT2D eigenvalue weighted by atomic mass is 9.76. The lowest BCUT2D eigenvalue weighted by Crippen LogP contribution is -2.47. The first-order valence-electron chi connectivity index (χ1n) is 7.50. The summed E-state index contributed by atoms with van der Waals surface area (Å²) in [6, 6.07) is 7.86. The molecule has 1 atom stereocenters. The minimum absolute atomic E-state index is 0. The summed E-state index contributed by atoms with van der Waals surface area (Å²) >= 11 is 0. The Labute approximate surface area is 130 Å². The molecule has 2 aromatic rings. The summed E-state index contributed by atoms with van der Waals surface area (Å²) in [5.74, 6) is 1.47. The molecule has 0 saturated carbocycles. The highest BCUT2D eigenvalue weighted by Gasteiger charge is 2.35. The van der Waals surface area contributed by atoms with Crippen LogP contribution in [0.1, 0.15) is 29.8 Å². The van der Waals surface area contributed by atoms with Gasteiger partial charge in [-0.2, -0.15) is 5.10 Å². The van der Waals surface area contributed by atoms with Crippen LogP contribution in [-0.4, -0.2) is 40.5 Å². The van der Waals surface area contributed by atoms with Crippen LogP contribution in [0.4, 0.5) is 0 Å². The van der Waals surface area contributed by atoms with Crippen molar-refractivity contribution < 1.29 is 4.79 Å². The van der Waals surface area contributed by atoms with Crippen LogP contribution in [0.3, 0.4) is 0 Å². The molecule has 21 heavy (non-hydrogen) atoms. The van der Waals surface area contributed by atoms with Crippen molar-refractivity contribution in [1.29, 1.82) is 0 Å². The smallest absolute Gasteiger partial charge is 0.184 e. The minimum Gasteiger partial charge on any atom is -0.303 e. The number of para-hydroxylation sites is 1. The number of carbonyl (C=O) groups is 1. The molecule has 0 spiro atoms. The van der Waals surface area contributed by atoms with E-state index in [1.807, 2.05) is 24.3 Å². The number of ketones is 1. The van der Waals surface area contributed by atoms with Gasteiger partial charge in [0.05, 0.1) is 5.52 Å². The molecule has 5 heteroatoms. The molecular formula is C16H20ClN3O. The number of aromatic amines is 1. The number of benzene rings is 1. The Morgan fingerprint density at radius 1 is 1.29 bits per heavy atom. The van der Waals surface area contributed by atoms with Crippen LogP contribution in [0.2, 0.25) is 0 Å². The summed E-state index contributed by atoms with van der Waals surface area (Å²) in [5.41, 5.74) is 1.57. The highest BCUT2D eigenvalue weighted by atomic mass is 35.5. The lowest BCUT2D eigenvalue weighted by Gasteiger charge is -2.44. The van der Waals surface area contributed by atoms with Gasteiger partial charge in [-0.1, -0.05) is 18.2 Å². The van der Waals surface area contributed by atoms with Crippen molar-refractivity contribution in [3.8, 4) is 0 Å². The molecule has 0 radical (unpaired) electrons. The van der Waals surface area contributed by atoms with E-state index in [1.54, 1.807) is 0 Å². The van der Waals surface area contributed by atoms with Crippen LogP contribution >= 0.6 is 12.4 Å². The molecule has 4 heterocycles. The van der Waals surface area contributed by atoms with E-state index in [4.69, 9.17) is 0 Å². The molecule has 1 aromatic carbocycles. The summed E-state index contributed by atoms with van der Waals surface area (Å²) in [6.07, 6.45) is 3.18. The molecule has 0 aliphatic carbocycles. The third kappa shape index (κ3) is 2.58. The summed E-state index contributed by atoms with van der Waals surface area (Å²) in [5, 5.41) is 8.15. The molecule has 1 N–H and O–H groups in total. The van der Waals surface area contributed by atoms with E-state index in [9.17, 15) is 4.79 Å². The quantitative estimate of drug-likeness (QED) is 0.887. The fourth-order valence-corrected chi connectivity index (χ4v) is 3.83. The van der Waals surface area contributed by atoms with E-state index in [2.05, 4.69) is 15.1 Å². The Bertz CT molecular complexity index is 646. The molecule has 3 aliphatic rings. The summed E-state index contributed by atoms with van der Waals surface area (Å²) < 4.78 is 0. The zero-order valence-corrected chi connectivity index (χ0v) is 12.7. The van der Waals surface area contributed by atoms with E-state index < -0.39 is 0 Å². The first-order valence-corrected chi connectivity index (χ1v) is 7.50. The fraction of sp³-hybridized carbons (Fsp3) is 0.500. The number of fused-ring (bicyclic) bond motifs is 4. The number of nitrogens with zero attached hydrogens (tertiary/aromatic N) is 2. The molecule has 3 saturated heterocycles. The molecular weight excluding hydrogens is 286 g/mol. The number of piperidine rings is 3. The first kappa shape index (κ1) is 14.5. The van der Waals surface area contributed by atoms with Crippen molar-refractivity contribution in [1.82, 2.24) is 15.1 Å². The molecule has 0 unspecified atom stereocenters. The largest absolute Gasteiger partial charge is 0.303 e. The molecule has 3 fully saturated rings. The maximum atomic E-state index is 12.6. The minimum atomic E-state index is 0. The van der Waals surface area contributed by atoms with Gasteiger partial charge >= 0.3 is 0 Å². The van der Waals surface area contributed by atoms with Gasteiger partial charge in [0.15, 0.2) is 5.78 Å². The highest BCUT2D eigenvalue weighted by molar-refractivity contribution is 6.05. The topological polar surface area (TPSA) is 49.0 Å². The average molecular weight is 306 g/mol. The van der Waals surface area contributed by atoms with Gasteiger partial charge in [-0.05, 0) is 43.8 Å².